The van der Waals surface area contributed by atoms with Crippen molar-refractivity contribution in [3.8, 4) is 5.75 Å². The highest BCUT2D eigenvalue weighted by Crippen LogP contribution is 2.38. The van der Waals surface area contributed by atoms with Crippen LogP contribution in [-0.4, -0.2) is 351 Å². The number of aliphatic hydroxyl groups is 14. The van der Waals surface area contributed by atoms with Crippen LogP contribution in [0, 0.1) is 0 Å². The molecule has 3 amide bonds. The van der Waals surface area contributed by atoms with Gasteiger partial charge in [0.2, 0.25) is 17.7 Å². The summed E-state index contributed by atoms with van der Waals surface area (Å²) in [6, 6.07) is -5.68. The summed E-state index contributed by atoms with van der Waals surface area (Å²) in [7, 11) is 0. The number of unbranched alkanes of at least 4 members (excludes halogenated alkanes) is 3. The van der Waals surface area contributed by atoms with E-state index in [-0.39, 0.29) is 56.8 Å². The number of amides is 3. The van der Waals surface area contributed by atoms with E-state index in [9.17, 15) is 125 Å². The summed E-state index contributed by atoms with van der Waals surface area (Å²) >= 11 is 0. The molecule has 6 fully saturated rings. The Labute approximate surface area is 555 Å². The second-order valence-corrected chi connectivity index (χ2v) is 23.9. The Balaban J connectivity index is 1.10. The van der Waals surface area contributed by atoms with Gasteiger partial charge < -0.3 is 165 Å². The molecule has 98 heavy (non-hydrogen) atoms. The van der Waals surface area contributed by atoms with Crippen LogP contribution in [0.5, 0.6) is 5.75 Å². The fourth-order valence-electron chi connectivity index (χ4n) is 12.1. The number of carboxylic acid groups (broad SMARTS) is 3. The largest absolute Gasteiger partial charge is 0.488 e. The molecule has 41 nitrogen and oxygen atoms in total. The van der Waals surface area contributed by atoms with Gasteiger partial charge in [-0.05, 0) is 19.8 Å². The number of rotatable bonds is 32. The third kappa shape index (κ3) is 17.5. The Morgan fingerprint density at radius 1 is 0.439 bits per heavy atom. The number of nitrogens with zero attached hydrogens (tertiary/aromatic N) is 1. The Bertz CT molecular complexity index is 2890. The van der Waals surface area contributed by atoms with Crippen molar-refractivity contribution in [1.82, 2.24) is 15.5 Å². The third-order valence-electron chi connectivity index (χ3n) is 17.5. The molecule has 0 aliphatic carbocycles. The first kappa shape index (κ1) is 79.8. The first-order chi connectivity index (χ1) is 46.4. The molecule has 0 unspecified atom stereocenters. The zero-order valence-corrected chi connectivity index (χ0v) is 53.2. The van der Waals surface area contributed by atoms with E-state index in [1.807, 2.05) is 0 Å². The van der Waals surface area contributed by atoms with Crippen LogP contribution in [0.2, 0.25) is 0 Å². The van der Waals surface area contributed by atoms with Crippen molar-refractivity contribution < 1.29 is 172 Å². The number of aliphatic carboxylic acids is 3. The van der Waals surface area contributed by atoms with Gasteiger partial charge in [-0.1, -0.05) is 33.6 Å². The molecule has 558 valence electrons. The topological polar surface area (TPSA) is 631 Å². The minimum atomic E-state index is -2.55. The van der Waals surface area contributed by atoms with Crippen molar-refractivity contribution >= 4 is 41.3 Å². The van der Waals surface area contributed by atoms with Gasteiger partial charge in [0.1, 0.15) is 134 Å². The number of carboxylic acids is 3. The summed E-state index contributed by atoms with van der Waals surface area (Å²) in [4.78, 5) is 103. The van der Waals surface area contributed by atoms with Crippen LogP contribution in [0.15, 0.2) is 9.59 Å². The summed E-state index contributed by atoms with van der Waals surface area (Å²) in [6.45, 7) is 2.77. The normalized spacial score (nSPS) is 39.9. The quantitative estimate of drug-likeness (QED) is 0.0235. The second-order valence-electron chi connectivity index (χ2n) is 23.9. The molecular formula is C57H88N4O37. The molecule has 20 N–H and O–H groups in total. The van der Waals surface area contributed by atoms with Crippen LogP contribution in [0.1, 0.15) is 72.6 Å². The van der Waals surface area contributed by atoms with Crippen LogP contribution >= 0.6 is 0 Å². The number of hydrogen-bond acceptors (Lipinski definition) is 35. The maximum atomic E-state index is 13.7. The SMILES string of the molecule is CCOc1c(NCCCCCCN(C(=O)CC)[C@@H]2[C@@H](O[C@@H]3O[C@H](C(=O)O)[C@@H](O[C@@H]4O[C@H](CO)[C@@H](O)[C@H](O[C@@H]5O[C@H](C(=O)O)[C@@H](O[C@@H]6O[C@H](CO)[C@@H](O)[C@H](O[C@@H]7O[C@H](C(=O)O)[C@@H](O)[C@H](O)[C@H]7O)[C@H]6NC(=O)CC)[C@H](O)[C@H]5O)[C@H]4NC(=O)CC)[C@H](O)[C@H]3O)[C@H](O)[C@@H](CO)O[C@H]2O)c(=O)c1=O. The Morgan fingerprint density at radius 2 is 0.847 bits per heavy atom. The lowest BCUT2D eigenvalue weighted by atomic mass is 9.93. The maximum absolute atomic E-state index is 13.7. The third-order valence-corrected chi connectivity index (χ3v) is 17.5. The van der Waals surface area contributed by atoms with Gasteiger partial charge in [-0.15, -0.1) is 0 Å². The van der Waals surface area contributed by atoms with E-state index < -0.39 is 250 Å². The van der Waals surface area contributed by atoms with Gasteiger partial charge in [-0.3, -0.25) is 24.0 Å². The number of nitrogens with one attached hydrogen (secondary N) is 3. The summed E-state index contributed by atoms with van der Waals surface area (Å²) in [6.07, 6.45) is -59.5. The molecule has 0 saturated carbocycles. The predicted octanol–water partition coefficient (Wildman–Crippen LogP) is -10.8. The van der Waals surface area contributed by atoms with Crippen LogP contribution < -0.4 is 31.5 Å². The van der Waals surface area contributed by atoms with Gasteiger partial charge in [0.25, 0.3) is 10.9 Å². The van der Waals surface area contributed by atoms with Crippen LogP contribution in [0.3, 0.4) is 0 Å². The van der Waals surface area contributed by atoms with Crippen LogP contribution in [0.25, 0.3) is 0 Å². The zero-order valence-electron chi connectivity index (χ0n) is 53.2. The van der Waals surface area contributed by atoms with Crippen molar-refractivity contribution in [2.75, 3.05) is 44.8 Å². The Kier molecular flexibility index (Phi) is 28.8. The highest BCUT2D eigenvalue weighted by atomic mass is 16.8. The zero-order chi connectivity index (χ0) is 72.5. The molecular weight excluding hydrogens is 1330 g/mol. The molecule has 0 aromatic heterocycles. The van der Waals surface area contributed by atoms with E-state index >= 15 is 0 Å². The van der Waals surface area contributed by atoms with Crippen molar-refractivity contribution in [3.05, 3.63) is 20.4 Å². The van der Waals surface area contributed by atoms with Gasteiger partial charge in [-0.2, -0.15) is 0 Å². The summed E-state index contributed by atoms with van der Waals surface area (Å²) in [5.41, 5.74) is -1.42. The average molecular weight is 1420 g/mol. The molecule has 1 aromatic rings. The molecule has 6 aliphatic heterocycles. The average Bonchev–Trinajstić information content (AvgIpc) is 0.803. The molecule has 0 spiro atoms. The molecule has 6 aliphatic rings. The van der Waals surface area contributed by atoms with Crippen molar-refractivity contribution in [3.63, 3.8) is 0 Å². The molecule has 7 rings (SSSR count). The van der Waals surface area contributed by atoms with Gasteiger partial charge in [0.05, 0.1) is 26.4 Å². The number of aliphatic hydroxyl groups excluding tert-OH is 14. The summed E-state index contributed by atoms with van der Waals surface area (Å²) in [5.74, 6) is -8.36. The number of carbonyl (C=O) groups excluding carboxylic acids is 3. The molecule has 30 atom stereocenters. The van der Waals surface area contributed by atoms with Crippen molar-refractivity contribution in [2.45, 2.75) is 257 Å². The minimum absolute atomic E-state index is 0.0541. The van der Waals surface area contributed by atoms with Gasteiger partial charge >= 0.3 is 17.9 Å². The predicted molar refractivity (Wildman–Crippen MR) is 312 cm³/mol. The standard InChI is InChI=1S/C57H88N4O37/c1-5-21(65)59-25-41(91-55-37(77)32(72)34(74)46(96-55)49(80)81)28(68)19(16-63)89-53(25)94-44-35(75)38(78)56(97-47(44)50(82)83)92-42-26(60-22(66)6-2)54(90-20(17-64)29(42)69)95-45-36(76)39(79)57(98-48(45)51(84)85)93-43-27(52(86)88-18(15-62)30(43)70)61(23(67)7-3)14-12-10-9-11-13-58-24-31(71)33(73)40(24)87-8-4/h18-20,25-30,32,34-39,41-48,52-58,62-64,68-70,72,74-79,86H,5-17H2,1-4H3,(H,59,65)(H,60,66)(H,80,81)(H,82,83)(H,84,85)/t18-,19-,20-,25-,26-,27-,28-,29-,30-,32+,34+,35-,36-,37-,38-,39-,41-,42-,43-,44+,45+,46+,47+,48+,52-,53+,54+,55-,56-,57-/m1/s1. The fourth-order valence-corrected chi connectivity index (χ4v) is 12.1. The van der Waals surface area contributed by atoms with Crippen molar-refractivity contribution in [1.29, 1.82) is 0 Å². The maximum Gasteiger partial charge on any atom is 0.335 e. The fraction of sp³-hybridized carbons (Fsp3) is 0.825. The first-order valence-electron chi connectivity index (χ1n) is 31.7. The van der Waals surface area contributed by atoms with E-state index in [4.69, 9.17) is 56.8 Å². The lowest BCUT2D eigenvalue weighted by Crippen LogP contribution is -2.71. The molecule has 1 aromatic carbocycles. The van der Waals surface area contributed by atoms with Crippen LogP contribution in [-0.2, 0) is 80.9 Å². The van der Waals surface area contributed by atoms with E-state index in [0.717, 1.165) is 4.90 Å². The Morgan fingerprint density at radius 3 is 1.28 bits per heavy atom. The highest BCUT2D eigenvalue weighted by Gasteiger charge is 2.60. The first-order valence-corrected chi connectivity index (χ1v) is 31.7. The van der Waals surface area contributed by atoms with Gasteiger partial charge in [0.15, 0.2) is 61.8 Å². The lowest BCUT2D eigenvalue weighted by Gasteiger charge is -2.51. The molecule has 6 saturated heterocycles. The Hall–Kier alpha value is -5.50. The van der Waals surface area contributed by atoms with E-state index in [0.29, 0.717) is 19.3 Å². The minimum Gasteiger partial charge on any atom is -0.488 e. The van der Waals surface area contributed by atoms with E-state index in [1.165, 1.54) is 20.8 Å². The number of carbonyl (C=O) groups is 6. The molecule has 41 heteroatoms. The van der Waals surface area contributed by atoms with Gasteiger partial charge in [-0.25, -0.2) is 14.4 Å². The van der Waals surface area contributed by atoms with Crippen molar-refractivity contribution in [2.24, 2.45) is 0 Å². The number of anilines is 1. The smallest absolute Gasteiger partial charge is 0.335 e. The highest BCUT2D eigenvalue weighted by molar-refractivity contribution is 5.77. The molecule has 6 heterocycles. The number of ether oxygens (including phenoxy) is 12. The van der Waals surface area contributed by atoms with E-state index in [2.05, 4.69) is 16.0 Å². The van der Waals surface area contributed by atoms with Crippen LogP contribution in [0.4, 0.5) is 5.69 Å². The second kappa shape index (κ2) is 35.4. The molecule has 0 radical (unpaired) electrons. The van der Waals surface area contributed by atoms with Gasteiger partial charge in [0, 0.05) is 32.4 Å². The molecule has 0 bridgehead atoms. The van der Waals surface area contributed by atoms with E-state index in [1.54, 1.807) is 6.92 Å². The summed E-state index contributed by atoms with van der Waals surface area (Å²) < 4.78 is 68.2. The monoisotopic (exact) mass is 1420 g/mol. The lowest BCUT2D eigenvalue weighted by molar-refractivity contribution is -0.378. The summed E-state index contributed by atoms with van der Waals surface area (Å²) in [5, 5.41) is 194. The number of hydrogen-bond donors (Lipinski definition) is 20.